The molecule has 6 nitrogen and oxygen atoms in total. The van der Waals surface area contributed by atoms with Crippen LogP contribution in [0.4, 0.5) is 0 Å². The number of para-hydroxylation sites is 2. The molecule has 27 heavy (non-hydrogen) atoms. The van der Waals surface area contributed by atoms with E-state index < -0.39 is 6.10 Å². The van der Waals surface area contributed by atoms with Crippen molar-refractivity contribution in [2.24, 2.45) is 0 Å². The van der Waals surface area contributed by atoms with Crippen LogP contribution in [0, 0.1) is 0 Å². The summed E-state index contributed by atoms with van der Waals surface area (Å²) in [5, 5.41) is 10.4. The molecule has 0 spiro atoms. The molecular formula is C21H26N2O4. The van der Waals surface area contributed by atoms with E-state index in [1.165, 1.54) is 0 Å². The number of rotatable bonds is 7. The first-order valence-corrected chi connectivity index (χ1v) is 9.16. The molecule has 1 aliphatic heterocycles. The molecule has 2 aromatic rings. The Morgan fingerprint density at radius 3 is 2.30 bits per heavy atom. The Labute approximate surface area is 159 Å². The van der Waals surface area contributed by atoms with Gasteiger partial charge in [-0.2, -0.15) is 0 Å². The second kappa shape index (κ2) is 9.39. The van der Waals surface area contributed by atoms with Gasteiger partial charge in [0.15, 0.2) is 18.1 Å². The normalized spacial score (nSPS) is 16.0. The number of benzene rings is 2. The Morgan fingerprint density at radius 1 is 1.00 bits per heavy atom. The van der Waals surface area contributed by atoms with Crippen LogP contribution in [0.15, 0.2) is 54.6 Å². The second-order valence-corrected chi connectivity index (χ2v) is 6.55. The molecule has 1 fully saturated rings. The van der Waals surface area contributed by atoms with E-state index in [0.717, 1.165) is 18.7 Å². The van der Waals surface area contributed by atoms with E-state index in [4.69, 9.17) is 9.47 Å². The first-order chi connectivity index (χ1) is 13.2. The summed E-state index contributed by atoms with van der Waals surface area (Å²) >= 11 is 0. The van der Waals surface area contributed by atoms with Crippen LogP contribution in [0.2, 0.25) is 0 Å². The van der Waals surface area contributed by atoms with Crippen molar-refractivity contribution >= 4 is 5.91 Å². The lowest BCUT2D eigenvalue weighted by Gasteiger charge is -2.35. The van der Waals surface area contributed by atoms with Gasteiger partial charge in [-0.1, -0.05) is 42.5 Å². The van der Waals surface area contributed by atoms with Crippen LogP contribution < -0.4 is 9.47 Å². The highest BCUT2D eigenvalue weighted by Crippen LogP contribution is 2.25. The van der Waals surface area contributed by atoms with Gasteiger partial charge in [0.25, 0.3) is 5.91 Å². The maximum absolute atomic E-state index is 12.4. The molecule has 1 amide bonds. The molecule has 1 atom stereocenters. The molecule has 2 aromatic carbocycles. The van der Waals surface area contributed by atoms with Gasteiger partial charge in [0.05, 0.1) is 13.2 Å². The number of nitrogens with zero attached hydrogens (tertiary/aromatic N) is 2. The summed E-state index contributed by atoms with van der Waals surface area (Å²) in [5.74, 6) is 1.15. The fourth-order valence-corrected chi connectivity index (χ4v) is 3.17. The molecule has 0 saturated carbocycles. The zero-order chi connectivity index (χ0) is 19.1. The Morgan fingerprint density at radius 2 is 1.63 bits per heavy atom. The van der Waals surface area contributed by atoms with Crippen LogP contribution in [0.5, 0.6) is 11.5 Å². The molecule has 1 N–H and O–H groups in total. The van der Waals surface area contributed by atoms with Gasteiger partial charge in [0, 0.05) is 32.7 Å². The molecule has 1 saturated heterocycles. The predicted octanol–water partition coefficient (Wildman–Crippen LogP) is 1.95. The minimum absolute atomic E-state index is 0.00693. The third-order valence-corrected chi connectivity index (χ3v) is 4.76. The molecule has 0 bridgehead atoms. The van der Waals surface area contributed by atoms with E-state index >= 15 is 0 Å². The number of aliphatic hydroxyl groups is 1. The van der Waals surface area contributed by atoms with Gasteiger partial charge >= 0.3 is 0 Å². The number of methoxy groups -OCH3 is 1. The van der Waals surface area contributed by atoms with Crippen LogP contribution in [0.3, 0.4) is 0 Å². The SMILES string of the molecule is COc1ccccc1OCC(=O)N1CCN(C[C@H](O)c2ccccc2)CC1. The van der Waals surface area contributed by atoms with Gasteiger partial charge in [-0.15, -0.1) is 0 Å². The molecule has 1 heterocycles. The van der Waals surface area contributed by atoms with Crippen LogP contribution >= 0.6 is 0 Å². The number of aliphatic hydroxyl groups excluding tert-OH is 1. The number of carbonyl (C=O) groups excluding carboxylic acids is 1. The number of hydrogen-bond donors (Lipinski definition) is 1. The zero-order valence-electron chi connectivity index (χ0n) is 15.6. The first kappa shape index (κ1) is 19.2. The Balaban J connectivity index is 1.44. The highest BCUT2D eigenvalue weighted by Gasteiger charge is 2.23. The molecule has 0 aliphatic carbocycles. The lowest BCUT2D eigenvalue weighted by Crippen LogP contribution is -2.50. The maximum atomic E-state index is 12.4. The summed E-state index contributed by atoms with van der Waals surface area (Å²) in [6.45, 7) is 3.32. The van der Waals surface area contributed by atoms with Crippen LogP contribution in [-0.2, 0) is 4.79 Å². The maximum Gasteiger partial charge on any atom is 0.260 e. The third kappa shape index (κ3) is 5.21. The van der Waals surface area contributed by atoms with Crippen LogP contribution in [0.25, 0.3) is 0 Å². The Kier molecular flexibility index (Phi) is 6.68. The number of amides is 1. The number of piperazine rings is 1. The second-order valence-electron chi connectivity index (χ2n) is 6.55. The van der Waals surface area contributed by atoms with E-state index in [-0.39, 0.29) is 12.5 Å². The monoisotopic (exact) mass is 370 g/mol. The summed E-state index contributed by atoms with van der Waals surface area (Å²) in [6.07, 6.45) is -0.512. The van der Waals surface area contributed by atoms with Crippen molar-refractivity contribution in [3.63, 3.8) is 0 Å². The lowest BCUT2D eigenvalue weighted by molar-refractivity contribution is -0.135. The standard InChI is InChI=1S/C21H26N2O4/c1-26-19-9-5-6-10-20(19)27-16-21(25)23-13-11-22(12-14-23)15-18(24)17-7-3-2-4-8-17/h2-10,18,24H,11-16H2,1H3/t18-/m0/s1. The molecular weight excluding hydrogens is 344 g/mol. The molecule has 0 aromatic heterocycles. The van der Waals surface area contributed by atoms with Gasteiger partial charge < -0.3 is 19.5 Å². The Hall–Kier alpha value is -2.57. The van der Waals surface area contributed by atoms with Crippen molar-refractivity contribution in [3.8, 4) is 11.5 Å². The average molecular weight is 370 g/mol. The van der Waals surface area contributed by atoms with E-state index in [9.17, 15) is 9.90 Å². The van der Waals surface area contributed by atoms with Gasteiger partial charge in [0.1, 0.15) is 0 Å². The topological polar surface area (TPSA) is 62.2 Å². The summed E-state index contributed by atoms with van der Waals surface area (Å²) in [6, 6.07) is 16.9. The quantitative estimate of drug-likeness (QED) is 0.807. The first-order valence-electron chi connectivity index (χ1n) is 9.16. The highest BCUT2D eigenvalue weighted by molar-refractivity contribution is 5.78. The zero-order valence-corrected chi connectivity index (χ0v) is 15.6. The van der Waals surface area contributed by atoms with Gasteiger partial charge in [0.2, 0.25) is 0 Å². The number of carbonyl (C=O) groups is 1. The number of hydrogen-bond acceptors (Lipinski definition) is 5. The van der Waals surface area contributed by atoms with E-state index in [2.05, 4.69) is 4.90 Å². The van der Waals surface area contributed by atoms with E-state index in [1.54, 1.807) is 24.1 Å². The summed E-state index contributed by atoms with van der Waals surface area (Å²) in [5.41, 5.74) is 0.918. The van der Waals surface area contributed by atoms with Crippen molar-refractivity contribution < 1.29 is 19.4 Å². The van der Waals surface area contributed by atoms with E-state index in [0.29, 0.717) is 31.1 Å². The minimum atomic E-state index is -0.512. The fourth-order valence-electron chi connectivity index (χ4n) is 3.17. The molecule has 1 aliphatic rings. The van der Waals surface area contributed by atoms with Crippen molar-refractivity contribution in [2.45, 2.75) is 6.10 Å². The third-order valence-electron chi connectivity index (χ3n) is 4.76. The molecule has 6 heteroatoms. The summed E-state index contributed by atoms with van der Waals surface area (Å²) in [7, 11) is 1.58. The number of β-amino-alcohol motifs (C(OH)–C–C–N with tert-alkyl or cyclic N) is 1. The Bertz CT molecular complexity index is 730. The van der Waals surface area contributed by atoms with Gasteiger partial charge in [-0.25, -0.2) is 0 Å². The molecule has 3 rings (SSSR count). The van der Waals surface area contributed by atoms with Gasteiger partial charge in [-0.05, 0) is 17.7 Å². The van der Waals surface area contributed by atoms with Crippen LogP contribution in [0.1, 0.15) is 11.7 Å². The van der Waals surface area contributed by atoms with Gasteiger partial charge in [-0.3, -0.25) is 9.69 Å². The predicted molar refractivity (Wildman–Crippen MR) is 103 cm³/mol. The fraction of sp³-hybridized carbons (Fsp3) is 0.381. The lowest BCUT2D eigenvalue weighted by atomic mass is 10.1. The molecule has 144 valence electrons. The summed E-state index contributed by atoms with van der Waals surface area (Å²) < 4.78 is 10.9. The van der Waals surface area contributed by atoms with Crippen molar-refractivity contribution in [1.29, 1.82) is 0 Å². The summed E-state index contributed by atoms with van der Waals surface area (Å²) in [4.78, 5) is 16.4. The average Bonchev–Trinajstić information content (AvgIpc) is 2.73. The van der Waals surface area contributed by atoms with Crippen molar-refractivity contribution in [2.75, 3.05) is 46.4 Å². The smallest absolute Gasteiger partial charge is 0.260 e. The van der Waals surface area contributed by atoms with Crippen molar-refractivity contribution in [3.05, 3.63) is 60.2 Å². The van der Waals surface area contributed by atoms with Crippen LogP contribution in [-0.4, -0.2) is 67.3 Å². The molecule has 0 radical (unpaired) electrons. The molecule has 0 unspecified atom stereocenters. The highest BCUT2D eigenvalue weighted by atomic mass is 16.5. The number of ether oxygens (including phenoxy) is 2. The van der Waals surface area contributed by atoms with Crippen molar-refractivity contribution in [1.82, 2.24) is 9.80 Å². The largest absolute Gasteiger partial charge is 0.493 e. The van der Waals surface area contributed by atoms with E-state index in [1.807, 2.05) is 42.5 Å². The minimum Gasteiger partial charge on any atom is -0.493 e.